The Bertz CT molecular complexity index is 173. The topological polar surface area (TPSA) is 15.6 Å². The highest BCUT2D eigenvalue weighted by Crippen LogP contribution is 2.25. The summed E-state index contributed by atoms with van der Waals surface area (Å²) in [7, 11) is 0. The minimum atomic E-state index is 0.525. The van der Waals surface area contributed by atoms with Gasteiger partial charge in [0, 0.05) is 13.1 Å². The van der Waals surface area contributed by atoms with Gasteiger partial charge in [-0.25, -0.2) is 0 Å². The normalized spacial score (nSPS) is 17.0. The lowest BCUT2D eigenvalue weighted by Crippen LogP contribution is -2.22. The predicted octanol–water partition coefficient (Wildman–Crippen LogP) is 2.55. The summed E-state index contributed by atoms with van der Waals surface area (Å²) in [6.45, 7) is 10.3. The number of hydrogen-bond donors (Lipinski definition) is 0. The summed E-state index contributed by atoms with van der Waals surface area (Å²) in [5.41, 5.74) is 0.525. The van der Waals surface area contributed by atoms with Crippen molar-refractivity contribution in [2.45, 2.75) is 40.0 Å². The van der Waals surface area contributed by atoms with E-state index in [4.69, 9.17) is 0 Å². The first-order valence-corrected chi connectivity index (χ1v) is 5.38. The molecule has 0 saturated carbocycles. The van der Waals surface area contributed by atoms with Gasteiger partial charge in [-0.1, -0.05) is 27.2 Å². The van der Waals surface area contributed by atoms with Crippen LogP contribution in [0.2, 0.25) is 0 Å². The Labute approximate surface area is 82.0 Å². The molecule has 0 amide bonds. The van der Waals surface area contributed by atoms with Gasteiger partial charge in [0.1, 0.15) is 0 Å². The van der Waals surface area contributed by atoms with Crippen molar-refractivity contribution in [3.63, 3.8) is 0 Å². The average Bonchev–Trinajstić information content (AvgIpc) is 2.57. The van der Waals surface area contributed by atoms with Gasteiger partial charge in [-0.3, -0.25) is 4.99 Å². The van der Waals surface area contributed by atoms with Gasteiger partial charge >= 0.3 is 0 Å². The fourth-order valence-electron chi connectivity index (χ4n) is 1.52. The lowest BCUT2D eigenvalue weighted by molar-refractivity contribution is 0.295. The smallest absolute Gasteiger partial charge is 0.0851 e. The molecular formula is C11H22N2. The van der Waals surface area contributed by atoms with Crippen molar-refractivity contribution in [3.05, 3.63) is 0 Å². The van der Waals surface area contributed by atoms with E-state index >= 15 is 0 Å². The maximum atomic E-state index is 4.20. The van der Waals surface area contributed by atoms with E-state index in [-0.39, 0.29) is 0 Å². The molecule has 0 aromatic rings. The summed E-state index contributed by atoms with van der Waals surface area (Å²) in [5.74, 6) is 0. The molecule has 1 aliphatic heterocycles. The van der Waals surface area contributed by atoms with Crippen LogP contribution in [0.5, 0.6) is 0 Å². The average molecular weight is 182 g/mol. The first kappa shape index (κ1) is 10.6. The van der Waals surface area contributed by atoms with Crippen molar-refractivity contribution in [2.75, 3.05) is 19.6 Å². The van der Waals surface area contributed by atoms with E-state index in [0.29, 0.717) is 5.41 Å². The van der Waals surface area contributed by atoms with Gasteiger partial charge in [0.05, 0.1) is 12.9 Å². The Hall–Kier alpha value is -0.530. The molecule has 0 saturated heterocycles. The standard InChI is InChI=1S/C11H22N2/c1-4-11(2,3)6-5-8-13-9-7-12-10-13/h10H,4-9H2,1-3H3. The van der Waals surface area contributed by atoms with Crippen molar-refractivity contribution >= 4 is 6.34 Å². The first-order valence-electron chi connectivity index (χ1n) is 5.38. The maximum Gasteiger partial charge on any atom is 0.0851 e. The van der Waals surface area contributed by atoms with Crippen molar-refractivity contribution < 1.29 is 0 Å². The van der Waals surface area contributed by atoms with E-state index in [1.807, 2.05) is 6.34 Å². The molecule has 2 nitrogen and oxygen atoms in total. The second kappa shape index (κ2) is 4.64. The molecule has 0 spiro atoms. The molecule has 13 heavy (non-hydrogen) atoms. The summed E-state index contributed by atoms with van der Waals surface area (Å²) in [5, 5.41) is 0. The maximum absolute atomic E-state index is 4.20. The quantitative estimate of drug-likeness (QED) is 0.638. The van der Waals surface area contributed by atoms with E-state index in [2.05, 4.69) is 30.7 Å². The SMILES string of the molecule is CCC(C)(C)CCCN1C=NCC1. The Morgan fingerprint density at radius 2 is 2.23 bits per heavy atom. The summed E-state index contributed by atoms with van der Waals surface area (Å²) >= 11 is 0. The van der Waals surface area contributed by atoms with Gasteiger partial charge in [0.2, 0.25) is 0 Å². The van der Waals surface area contributed by atoms with E-state index in [1.165, 1.54) is 25.8 Å². The molecule has 0 aliphatic carbocycles. The highest BCUT2D eigenvalue weighted by Gasteiger charge is 2.15. The van der Waals surface area contributed by atoms with Crippen LogP contribution < -0.4 is 0 Å². The van der Waals surface area contributed by atoms with E-state index in [0.717, 1.165) is 13.1 Å². The monoisotopic (exact) mass is 182 g/mol. The molecule has 1 aliphatic rings. The van der Waals surface area contributed by atoms with Crippen LogP contribution in [0.15, 0.2) is 4.99 Å². The summed E-state index contributed by atoms with van der Waals surface area (Å²) in [6, 6.07) is 0. The molecule has 2 heteroatoms. The van der Waals surface area contributed by atoms with Crippen molar-refractivity contribution in [1.29, 1.82) is 0 Å². The summed E-state index contributed by atoms with van der Waals surface area (Å²) in [6.07, 6.45) is 5.90. The predicted molar refractivity (Wildman–Crippen MR) is 58.2 cm³/mol. The van der Waals surface area contributed by atoms with Gasteiger partial charge in [-0.05, 0) is 18.3 Å². The molecule has 0 radical (unpaired) electrons. The zero-order valence-electron chi connectivity index (χ0n) is 9.21. The second-order valence-electron chi connectivity index (χ2n) is 4.68. The third kappa shape index (κ3) is 3.79. The Kier molecular flexibility index (Phi) is 3.76. The molecule has 1 heterocycles. The van der Waals surface area contributed by atoms with E-state index in [9.17, 15) is 0 Å². The molecule has 0 aromatic heterocycles. The number of rotatable bonds is 5. The first-order chi connectivity index (χ1) is 6.14. The van der Waals surface area contributed by atoms with Gasteiger partial charge in [-0.2, -0.15) is 0 Å². The molecule has 0 unspecified atom stereocenters. The highest BCUT2D eigenvalue weighted by molar-refractivity contribution is 5.56. The Balaban J connectivity index is 2.09. The van der Waals surface area contributed by atoms with Gasteiger partial charge in [0.15, 0.2) is 0 Å². The van der Waals surface area contributed by atoms with Gasteiger partial charge < -0.3 is 4.90 Å². The summed E-state index contributed by atoms with van der Waals surface area (Å²) < 4.78 is 0. The lowest BCUT2D eigenvalue weighted by atomic mass is 9.85. The molecule has 0 aromatic carbocycles. The largest absolute Gasteiger partial charge is 0.361 e. The van der Waals surface area contributed by atoms with Crippen LogP contribution >= 0.6 is 0 Å². The molecule has 0 N–H and O–H groups in total. The molecule has 0 fully saturated rings. The zero-order chi connectivity index (χ0) is 9.73. The Morgan fingerprint density at radius 3 is 2.77 bits per heavy atom. The zero-order valence-corrected chi connectivity index (χ0v) is 9.21. The van der Waals surface area contributed by atoms with Crippen LogP contribution in [-0.4, -0.2) is 30.9 Å². The minimum Gasteiger partial charge on any atom is -0.361 e. The number of aliphatic imine (C=N–C) groups is 1. The fraction of sp³-hybridized carbons (Fsp3) is 0.909. The molecular weight excluding hydrogens is 160 g/mol. The number of nitrogens with zero attached hydrogens (tertiary/aromatic N) is 2. The van der Waals surface area contributed by atoms with Gasteiger partial charge in [0.25, 0.3) is 0 Å². The highest BCUT2D eigenvalue weighted by atomic mass is 15.2. The van der Waals surface area contributed by atoms with Crippen LogP contribution in [0.4, 0.5) is 0 Å². The summed E-state index contributed by atoms with van der Waals surface area (Å²) in [4.78, 5) is 6.53. The fourth-order valence-corrected chi connectivity index (χ4v) is 1.52. The third-order valence-corrected chi connectivity index (χ3v) is 3.02. The molecule has 76 valence electrons. The molecule has 0 bridgehead atoms. The molecule has 1 rings (SSSR count). The van der Waals surface area contributed by atoms with E-state index in [1.54, 1.807) is 0 Å². The molecule has 0 atom stereocenters. The van der Waals surface area contributed by atoms with Crippen molar-refractivity contribution in [1.82, 2.24) is 4.90 Å². The third-order valence-electron chi connectivity index (χ3n) is 3.02. The lowest BCUT2D eigenvalue weighted by Gasteiger charge is -2.23. The van der Waals surface area contributed by atoms with Crippen molar-refractivity contribution in [2.24, 2.45) is 10.4 Å². The van der Waals surface area contributed by atoms with Crippen molar-refractivity contribution in [3.8, 4) is 0 Å². The van der Waals surface area contributed by atoms with Crippen LogP contribution in [0.1, 0.15) is 40.0 Å². The van der Waals surface area contributed by atoms with Crippen LogP contribution in [0.25, 0.3) is 0 Å². The van der Waals surface area contributed by atoms with Crippen LogP contribution in [0.3, 0.4) is 0 Å². The minimum absolute atomic E-state index is 0.525. The van der Waals surface area contributed by atoms with Crippen LogP contribution in [-0.2, 0) is 0 Å². The second-order valence-corrected chi connectivity index (χ2v) is 4.68. The Morgan fingerprint density at radius 1 is 1.46 bits per heavy atom. The van der Waals surface area contributed by atoms with Crippen LogP contribution in [0, 0.1) is 5.41 Å². The van der Waals surface area contributed by atoms with E-state index < -0.39 is 0 Å². The number of hydrogen-bond acceptors (Lipinski definition) is 2. The van der Waals surface area contributed by atoms with Gasteiger partial charge in [-0.15, -0.1) is 0 Å².